The maximum absolute atomic E-state index is 3.64. The molecule has 108 valence electrons. The van der Waals surface area contributed by atoms with E-state index in [0.29, 0.717) is 6.04 Å². The van der Waals surface area contributed by atoms with Crippen LogP contribution in [0.25, 0.3) is 0 Å². The Balaban J connectivity index is 2.47. The van der Waals surface area contributed by atoms with Crippen LogP contribution in [-0.2, 0) is 6.54 Å². The van der Waals surface area contributed by atoms with Crippen LogP contribution in [0.2, 0.25) is 0 Å². The molecule has 0 aliphatic rings. The molecular weight excluding hydrogens is 300 g/mol. The minimum absolute atomic E-state index is 0.227. The van der Waals surface area contributed by atoms with E-state index in [2.05, 4.69) is 85.2 Å². The van der Waals surface area contributed by atoms with E-state index in [4.69, 9.17) is 0 Å². The molecule has 1 N–H and O–H groups in total. The lowest BCUT2D eigenvalue weighted by atomic mass is 10.0. The zero-order valence-corrected chi connectivity index (χ0v) is 14.4. The van der Waals surface area contributed by atoms with Gasteiger partial charge in [-0.3, -0.25) is 4.90 Å². The van der Waals surface area contributed by atoms with E-state index in [-0.39, 0.29) is 5.54 Å². The Morgan fingerprint density at radius 2 is 2.05 bits per heavy atom. The van der Waals surface area contributed by atoms with E-state index in [1.54, 1.807) is 0 Å². The summed E-state index contributed by atoms with van der Waals surface area (Å²) in [5.74, 6) is 0. The van der Waals surface area contributed by atoms with Crippen LogP contribution >= 0.6 is 15.9 Å². The molecule has 0 amide bonds. The molecule has 1 unspecified atom stereocenters. The molecule has 0 aliphatic heterocycles. The standard InChI is InChI=1S/C16H27BrN2/c1-6-16(3,4)18-11-13(2)19(5)12-14-8-7-9-15(17)10-14/h7-10,13,18H,6,11-12H2,1-5H3. The summed E-state index contributed by atoms with van der Waals surface area (Å²) in [7, 11) is 2.19. The lowest BCUT2D eigenvalue weighted by Gasteiger charge is -2.31. The van der Waals surface area contributed by atoms with Crippen LogP contribution in [0, 0.1) is 0 Å². The van der Waals surface area contributed by atoms with Crippen molar-refractivity contribution in [3.05, 3.63) is 34.3 Å². The summed E-state index contributed by atoms with van der Waals surface area (Å²) in [5.41, 5.74) is 1.57. The molecule has 0 radical (unpaired) electrons. The first-order valence-electron chi connectivity index (χ1n) is 7.04. The van der Waals surface area contributed by atoms with E-state index in [1.807, 2.05) is 0 Å². The maximum Gasteiger partial charge on any atom is 0.0234 e. The first kappa shape index (κ1) is 16.7. The van der Waals surface area contributed by atoms with Gasteiger partial charge in [0.15, 0.2) is 0 Å². The zero-order valence-electron chi connectivity index (χ0n) is 12.8. The second-order valence-corrected chi connectivity index (χ2v) is 6.93. The number of nitrogens with zero attached hydrogens (tertiary/aromatic N) is 1. The second kappa shape index (κ2) is 7.41. The van der Waals surface area contributed by atoms with Gasteiger partial charge >= 0.3 is 0 Å². The third-order valence-corrected chi connectivity index (χ3v) is 4.33. The third kappa shape index (κ3) is 6.07. The van der Waals surface area contributed by atoms with Gasteiger partial charge < -0.3 is 5.32 Å². The first-order chi connectivity index (χ1) is 8.84. The Hall–Kier alpha value is -0.380. The molecule has 0 aromatic heterocycles. The maximum atomic E-state index is 3.64. The Kier molecular flexibility index (Phi) is 6.51. The monoisotopic (exact) mass is 326 g/mol. The molecule has 1 rings (SSSR count). The lowest BCUT2D eigenvalue weighted by Crippen LogP contribution is -2.46. The van der Waals surface area contributed by atoms with Crippen molar-refractivity contribution >= 4 is 15.9 Å². The average molecular weight is 327 g/mol. The van der Waals surface area contributed by atoms with Gasteiger partial charge in [0.1, 0.15) is 0 Å². The zero-order chi connectivity index (χ0) is 14.5. The molecule has 0 aliphatic carbocycles. The summed E-state index contributed by atoms with van der Waals surface area (Å²) in [6.07, 6.45) is 1.15. The predicted octanol–water partition coefficient (Wildman–Crippen LogP) is 4.05. The molecule has 2 nitrogen and oxygen atoms in total. The Morgan fingerprint density at radius 3 is 2.63 bits per heavy atom. The van der Waals surface area contributed by atoms with Gasteiger partial charge in [-0.1, -0.05) is 35.0 Å². The molecule has 0 saturated heterocycles. The Morgan fingerprint density at radius 1 is 1.37 bits per heavy atom. The summed E-state index contributed by atoms with van der Waals surface area (Å²) in [6, 6.07) is 9.04. The van der Waals surface area contributed by atoms with Gasteiger partial charge in [-0.25, -0.2) is 0 Å². The fourth-order valence-corrected chi connectivity index (χ4v) is 2.23. The average Bonchev–Trinajstić information content (AvgIpc) is 2.36. The van der Waals surface area contributed by atoms with Crippen LogP contribution < -0.4 is 5.32 Å². The highest BCUT2D eigenvalue weighted by molar-refractivity contribution is 9.10. The van der Waals surface area contributed by atoms with Crippen molar-refractivity contribution in [1.82, 2.24) is 10.2 Å². The van der Waals surface area contributed by atoms with Crippen molar-refractivity contribution in [3.8, 4) is 0 Å². The summed E-state index contributed by atoms with van der Waals surface area (Å²) >= 11 is 3.52. The van der Waals surface area contributed by atoms with Crippen molar-refractivity contribution in [2.24, 2.45) is 0 Å². The van der Waals surface area contributed by atoms with Crippen molar-refractivity contribution in [2.75, 3.05) is 13.6 Å². The van der Waals surface area contributed by atoms with Gasteiger partial charge in [0.05, 0.1) is 0 Å². The molecule has 0 saturated carbocycles. The van der Waals surface area contributed by atoms with Crippen molar-refractivity contribution in [3.63, 3.8) is 0 Å². The van der Waals surface area contributed by atoms with Crippen molar-refractivity contribution in [2.45, 2.75) is 52.2 Å². The molecule has 1 atom stereocenters. The van der Waals surface area contributed by atoms with Crippen LogP contribution in [-0.4, -0.2) is 30.1 Å². The third-order valence-electron chi connectivity index (χ3n) is 3.83. The van der Waals surface area contributed by atoms with Crippen LogP contribution in [0.5, 0.6) is 0 Å². The summed E-state index contributed by atoms with van der Waals surface area (Å²) in [4.78, 5) is 2.39. The lowest BCUT2D eigenvalue weighted by molar-refractivity contribution is 0.223. The number of hydrogen-bond donors (Lipinski definition) is 1. The number of benzene rings is 1. The van der Waals surface area contributed by atoms with Gasteiger partial charge in [0, 0.05) is 29.1 Å². The SMILES string of the molecule is CCC(C)(C)NCC(C)N(C)Cc1cccc(Br)c1. The van der Waals surface area contributed by atoms with E-state index in [9.17, 15) is 0 Å². The number of rotatable bonds is 7. The molecular formula is C16H27BrN2. The highest BCUT2D eigenvalue weighted by atomic mass is 79.9. The van der Waals surface area contributed by atoms with E-state index < -0.39 is 0 Å². The summed E-state index contributed by atoms with van der Waals surface area (Å²) in [6.45, 7) is 11.0. The highest BCUT2D eigenvalue weighted by Crippen LogP contribution is 2.14. The second-order valence-electron chi connectivity index (χ2n) is 6.01. The highest BCUT2D eigenvalue weighted by Gasteiger charge is 2.17. The number of nitrogens with one attached hydrogen (secondary N) is 1. The molecule has 1 aromatic rings. The fourth-order valence-electron chi connectivity index (χ4n) is 1.78. The van der Waals surface area contributed by atoms with Gasteiger partial charge in [-0.05, 0) is 51.9 Å². The number of likely N-dealkylation sites (N-methyl/N-ethyl adjacent to an activating group) is 1. The number of halogens is 1. The number of hydrogen-bond acceptors (Lipinski definition) is 2. The minimum Gasteiger partial charge on any atom is -0.310 e. The minimum atomic E-state index is 0.227. The van der Waals surface area contributed by atoms with Crippen LogP contribution in [0.15, 0.2) is 28.7 Å². The predicted molar refractivity (Wildman–Crippen MR) is 87.4 cm³/mol. The summed E-state index contributed by atoms with van der Waals surface area (Å²) in [5, 5.41) is 3.64. The van der Waals surface area contributed by atoms with E-state index in [0.717, 1.165) is 24.0 Å². The summed E-state index contributed by atoms with van der Waals surface area (Å²) < 4.78 is 1.15. The van der Waals surface area contributed by atoms with Crippen LogP contribution in [0.1, 0.15) is 39.7 Å². The normalized spacial score (nSPS) is 13.8. The smallest absolute Gasteiger partial charge is 0.0234 e. The molecule has 0 bridgehead atoms. The van der Waals surface area contributed by atoms with Gasteiger partial charge in [-0.2, -0.15) is 0 Å². The Labute approximate surface area is 126 Å². The van der Waals surface area contributed by atoms with Gasteiger partial charge in [-0.15, -0.1) is 0 Å². The van der Waals surface area contributed by atoms with E-state index in [1.165, 1.54) is 5.56 Å². The molecule has 19 heavy (non-hydrogen) atoms. The topological polar surface area (TPSA) is 15.3 Å². The molecule has 0 heterocycles. The fraction of sp³-hybridized carbons (Fsp3) is 0.625. The molecule has 0 spiro atoms. The first-order valence-corrected chi connectivity index (χ1v) is 7.83. The van der Waals surface area contributed by atoms with E-state index >= 15 is 0 Å². The molecule has 3 heteroatoms. The van der Waals surface area contributed by atoms with Crippen LogP contribution in [0.4, 0.5) is 0 Å². The Bertz CT molecular complexity index is 390. The molecule has 0 fully saturated rings. The van der Waals surface area contributed by atoms with Crippen molar-refractivity contribution < 1.29 is 0 Å². The van der Waals surface area contributed by atoms with Gasteiger partial charge in [0.2, 0.25) is 0 Å². The van der Waals surface area contributed by atoms with Crippen molar-refractivity contribution in [1.29, 1.82) is 0 Å². The molecule has 1 aromatic carbocycles. The van der Waals surface area contributed by atoms with Crippen LogP contribution in [0.3, 0.4) is 0 Å². The quantitative estimate of drug-likeness (QED) is 0.813. The largest absolute Gasteiger partial charge is 0.310 e. The van der Waals surface area contributed by atoms with Gasteiger partial charge in [0.25, 0.3) is 0 Å².